The van der Waals surface area contributed by atoms with E-state index in [1.165, 1.54) is 6.07 Å². The molecular weight excluding hydrogens is 288 g/mol. The summed E-state index contributed by atoms with van der Waals surface area (Å²) in [5.41, 5.74) is 1.02. The van der Waals surface area contributed by atoms with E-state index in [2.05, 4.69) is 0 Å². The monoisotopic (exact) mass is 300 g/mol. The second-order valence-corrected chi connectivity index (χ2v) is 4.78. The van der Waals surface area contributed by atoms with Gasteiger partial charge in [-0.15, -0.1) is 11.6 Å². The number of benzene rings is 1. The minimum Gasteiger partial charge on any atom is -0.375 e. The second kappa shape index (κ2) is 7.22. The number of hydrogen-bond donors (Lipinski definition) is 0. The first-order valence-electron chi connectivity index (χ1n) is 5.37. The Balaban J connectivity index is 2.56. The molecule has 1 aromatic carbocycles. The third kappa shape index (κ3) is 4.67. The van der Waals surface area contributed by atoms with Crippen molar-refractivity contribution >= 4 is 23.2 Å². The molecule has 1 atom stereocenters. The molecule has 1 rings (SSSR count). The summed E-state index contributed by atoms with van der Waals surface area (Å²) in [6, 6.07) is 2.75. The van der Waals surface area contributed by atoms with Gasteiger partial charge in [0.05, 0.1) is 5.38 Å². The molecule has 0 amide bonds. The predicted octanol–water partition coefficient (Wildman–Crippen LogP) is 4.74. The molecule has 1 aromatic rings. The van der Waals surface area contributed by atoms with Gasteiger partial charge in [-0.25, -0.2) is 13.2 Å². The lowest BCUT2D eigenvalue weighted by atomic mass is 10.1. The average Bonchev–Trinajstić information content (AvgIpc) is 2.28. The van der Waals surface area contributed by atoms with Crippen LogP contribution in [0, 0.1) is 12.7 Å². The Morgan fingerprint density at radius 1 is 1.33 bits per heavy atom. The number of halogens is 5. The van der Waals surface area contributed by atoms with Crippen LogP contribution in [0.5, 0.6) is 0 Å². The van der Waals surface area contributed by atoms with Crippen molar-refractivity contribution in [2.45, 2.75) is 25.1 Å². The van der Waals surface area contributed by atoms with Crippen LogP contribution in [-0.4, -0.2) is 19.6 Å². The number of alkyl halides is 3. The largest absolute Gasteiger partial charge is 0.375 e. The molecule has 0 saturated carbocycles. The molecule has 0 aliphatic carbocycles. The molecule has 18 heavy (non-hydrogen) atoms. The van der Waals surface area contributed by atoms with Gasteiger partial charge >= 0.3 is 0 Å². The third-order valence-corrected chi connectivity index (χ3v) is 3.16. The maximum Gasteiger partial charge on any atom is 0.261 e. The number of ether oxygens (including phenoxy) is 1. The van der Waals surface area contributed by atoms with E-state index < -0.39 is 24.2 Å². The molecule has 1 nitrogen and oxygen atoms in total. The second-order valence-electron chi connectivity index (χ2n) is 3.85. The van der Waals surface area contributed by atoms with Gasteiger partial charge in [0, 0.05) is 11.6 Å². The van der Waals surface area contributed by atoms with Crippen molar-refractivity contribution in [3.63, 3.8) is 0 Å². The molecule has 0 bridgehead atoms. The van der Waals surface area contributed by atoms with E-state index in [1.807, 2.05) is 0 Å². The Kier molecular flexibility index (Phi) is 6.26. The summed E-state index contributed by atoms with van der Waals surface area (Å²) >= 11 is 12.0. The van der Waals surface area contributed by atoms with Crippen LogP contribution in [0.4, 0.5) is 13.2 Å². The van der Waals surface area contributed by atoms with Crippen LogP contribution in [0.15, 0.2) is 12.1 Å². The fourth-order valence-corrected chi connectivity index (χ4v) is 2.04. The minimum absolute atomic E-state index is 0.102. The Hall–Kier alpha value is -0.450. The smallest absolute Gasteiger partial charge is 0.261 e. The lowest BCUT2D eigenvalue weighted by Gasteiger charge is -2.13. The minimum atomic E-state index is -2.49. The highest BCUT2D eigenvalue weighted by molar-refractivity contribution is 6.32. The van der Waals surface area contributed by atoms with Gasteiger partial charge in [-0.2, -0.15) is 0 Å². The van der Waals surface area contributed by atoms with Crippen molar-refractivity contribution in [3.05, 3.63) is 34.1 Å². The number of aryl methyl sites for hydroxylation is 1. The molecule has 6 heteroatoms. The van der Waals surface area contributed by atoms with E-state index in [1.54, 1.807) is 13.0 Å². The van der Waals surface area contributed by atoms with Crippen molar-refractivity contribution in [3.8, 4) is 0 Å². The maximum atomic E-state index is 13.2. The highest BCUT2D eigenvalue weighted by atomic mass is 35.5. The third-order valence-electron chi connectivity index (χ3n) is 2.37. The molecular formula is C12H13Cl2F3O. The fraction of sp³-hybridized carbons (Fsp3) is 0.500. The predicted molar refractivity (Wildman–Crippen MR) is 66.2 cm³/mol. The molecule has 102 valence electrons. The SMILES string of the molecule is Cc1cc(C(Cl)CCOCC(F)F)c(Cl)cc1F. The summed E-state index contributed by atoms with van der Waals surface area (Å²) in [7, 11) is 0. The van der Waals surface area contributed by atoms with Crippen LogP contribution < -0.4 is 0 Å². The number of rotatable bonds is 6. The molecule has 0 spiro atoms. The van der Waals surface area contributed by atoms with Gasteiger partial charge in [0.1, 0.15) is 12.4 Å². The van der Waals surface area contributed by atoms with Crippen molar-refractivity contribution in [1.82, 2.24) is 0 Å². The van der Waals surface area contributed by atoms with E-state index in [9.17, 15) is 13.2 Å². The van der Waals surface area contributed by atoms with E-state index in [-0.39, 0.29) is 11.6 Å². The van der Waals surface area contributed by atoms with E-state index in [0.29, 0.717) is 17.5 Å². The van der Waals surface area contributed by atoms with E-state index >= 15 is 0 Å². The maximum absolute atomic E-state index is 13.2. The zero-order chi connectivity index (χ0) is 13.7. The van der Waals surface area contributed by atoms with Gasteiger partial charge in [-0.1, -0.05) is 17.7 Å². The standard InChI is InChI=1S/C12H13Cl2F3O/c1-7-4-8(10(14)5-11(7)15)9(13)2-3-18-6-12(16)17/h4-5,9,12H,2-3,6H2,1H3. The molecule has 0 heterocycles. The summed E-state index contributed by atoms with van der Waals surface area (Å²) in [5.74, 6) is -0.401. The molecule has 1 unspecified atom stereocenters. The van der Waals surface area contributed by atoms with Gasteiger partial charge in [0.2, 0.25) is 0 Å². The molecule has 0 N–H and O–H groups in total. The highest BCUT2D eigenvalue weighted by Crippen LogP contribution is 2.32. The summed E-state index contributed by atoms with van der Waals surface area (Å²) in [6.07, 6.45) is -2.16. The van der Waals surface area contributed by atoms with Crippen LogP contribution >= 0.6 is 23.2 Å². The van der Waals surface area contributed by atoms with Crippen molar-refractivity contribution in [1.29, 1.82) is 0 Å². The van der Waals surface area contributed by atoms with Gasteiger partial charge in [-0.05, 0) is 30.5 Å². The quantitative estimate of drug-likeness (QED) is 0.545. The number of hydrogen-bond acceptors (Lipinski definition) is 1. The average molecular weight is 301 g/mol. The summed E-state index contributed by atoms with van der Waals surface area (Å²) in [4.78, 5) is 0. The molecule has 0 aliphatic heterocycles. The van der Waals surface area contributed by atoms with Crippen LogP contribution in [0.2, 0.25) is 5.02 Å². The first-order chi connectivity index (χ1) is 8.41. The highest BCUT2D eigenvalue weighted by Gasteiger charge is 2.14. The van der Waals surface area contributed by atoms with Gasteiger partial charge < -0.3 is 4.74 Å². The Morgan fingerprint density at radius 3 is 2.61 bits per heavy atom. The molecule has 0 radical (unpaired) electrons. The molecule has 0 fully saturated rings. The zero-order valence-electron chi connectivity index (χ0n) is 9.73. The van der Waals surface area contributed by atoms with Crippen LogP contribution in [-0.2, 0) is 4.74 Å². The van der Waals surface area contributed by atoms with Gasteiger partial charge in [0.25, 0.3) is 6.43 Å². The van der Waals surface area contributed by atoms with E-state index in [4.69, 9.17) is 27.9 Å². The lowest BCUT2D eigenvalue weighted by Crippen LogP contribution is -2.07. The van der Waals surface area contributed by atoms with Crippen molar-refractivity contribution in [2.75, 3.05) is 13.2 Å². The van der Waals surface area contributed by atoms with Crippen molar-refractivity contribution < 1.29 is 17.9 Å². The first kappa shape index (κ1) is 15.6. The zero-order valence-corrected chi connectivity index (χ0v) is 11.2. The summed E-state index contributed by atoms with van der Waals surface area (Å²) in [6.45, 7) is 1.09. The van der Waals surface area contributed by atoms with E-state index in [0.717, 1.165) is 0 Å². The molecule has 0 saturated heterocycles. The van der Waals surface area contributed by atoms with Gasteiger partial charge in [0.15, 0.2) is 0 Å². The molecule has 0 aliphatic rings. The van der Waals surface area contributed by atoms with Crippen molar-refractivity contribution in [2.24, 2.45) is 0 Å². The van der Waals surface area contributed by atoms with Gasteiger partial charge in [-0.3, -0.25) is 0 Å². The summed E-state index contributed by atoms with van der Waals surface area (Å²) in [5, 5.41) is -0.263. The Morgan fingerprint density at radius 2 is 2.00 bits per heavy atom. The lowest BCUT2D eigenvalue weighted by molar-refractivity contribution is 0.0165. The normalized spacial score (nSPS) is 13.1. The Labute approximate surface area is 114 Å². The van der Waals surface area contributed by atoms with Crippen LogP contribution in [0.1, 0.15) is 22.9 Å². The summed E-state index contributed by atoms with van der Waals surface area (Å²) < 4.78 is 41.6. The van der Waals surface area contributed by atoms with Crippen LogP contribution in [0.3, 0.4) is 0 Å². The Bertz CT molecular complexity index is 399. The fourth-order valence-electron chi connectivity index (χ4n) is 1.43. The molecule has 0 aromatic heterocycles. The van der Waals surface area contributed by atoms with Crippen LogP contribution in [0.25, 0.3) is 0 Å². The first-order valence-corrected chi connectivity index (χ1v) is 6.18. The topological polar surface area (TPSA) is 9.23 Å².